The van der Waals surface area contributed by atoms with Gasteiger partial charge in [-0.3, -0.25) is 4.79 Å². The standard InChI is InChI=1S/C23H26NO2P/c1-5-18(12-14(2)3)24-23(25)21-22(27)19-11-10-17(13-20(19)26-21)16-8-6-15(4)7-9-16/h5-11,13-14,18H,1,12,27H2,2-4H3,(H,24,25). The summed E-state index contributed by atoms with van der Waals surface area (Å²) >= 11 is 0. The maximum Gasteiger partial charge on any atom is 0.288 e. The van der Waals surface area contributed by atoms with E-state index in [0.717, 1.165) is 28.2 Å². The molecule has 3 aromatic rings. The monoisotopic (exact) mass is 379 g/mol. The first-order valence-corrected chi connectivity index (χ1v) is 9.79. The van der Waals surface area contributed by atoms with Gasteiger partial charge in [-0.2, -0.15) is 0 Å². The zero-order valence-electron chi connectivity index (χ0n) is 16.1. The highest BCUT2D eigenvalue weighted by Crippen LogP contribution is 2.27. The molecule has 3 rings (SSSR count). The van der Waals surface area contributed by atoms with Crippen molar-refractivity contribution in [3.63, 3.8) is 0 Å². The number of carbonyl (C=O) groups is 1. The minimum Gasteiger partial charge on any atom is -0.450 e. The van der Waals surface area contributed by atoms with E-state index in [2.05, 4.69) is 72.2 Å². The van der Waals surface area contributed by atoms with Gasteiger partial charge in [-0.15, -0.1) is 15.8 Å². The van der Waals surface area contributed by atoms with Crippen molar-refractivity contribution in [2.75, 3.05) is 0 Å². The number of aryl methyl sites for hydroxylation is 1. The Morgan fingerprint density at radius 1 is 1.19 bits per heavy atom. The summed E-state index contributed by atoms with van der Waals surface area (Å²) in [5, 5.41) is 4.72. The molecule has 0 radical (unpaired) electrons. The molecule has 3 nitrogen and oxygen atoms in total. The maximum atomic E-state index is 12.7. The third-order valence-electron chi connectivity index (χ3n) is 4.65. The molecule has 0 fully saturated rings. The normalized spacial score (nSPS) is 12.3. The lowest BCUT2D eigenvalue weighted by molar-refractivity contribution is 0.0917. The molecular weight excluding hydrogens is 353 g/mol. The van der Waals surface area contributed by atoms with Crippen molar-refractivity contribution in [1.29, 1.82) is 0 Å². The minimum atomic E-state index is -0.210. The lowest BCUT2D eigenvalue weighted by atomic mass is 10.0. The zero-order valence-corrected chi connectivity index (χ0v) is 17.2. The second kappa shape index (κ2) is 8.10. The van der Waals surface area contributed by atoms with Gasteiger partial charge in [-0.05, 0) is 42.5 Å². The van der Waals surface area contributed by atoms with Gasteiger partial charge < -0.3 is 9.73 Å². The van der Waals surface area contributed by atoms with E-state index in [4.69, 9.17) is 4.42 Å². The summed E-state index contributed by atoms with van der Waals surface area (Å²) in [4.78, 5) is 12.7. The fourth-order valence-electron chi connectivity index (χ4n) is 3.17. The summed E-state index contributed by atoms with van der Waals surface area (Å²) in [6.07, 6.45) is 2.62. The minimum absolute atomic E-state index is 0.0711. The second-order valence-electron chi connectivity index (χ2n) is 7.37. The summed E-state index contributed by atoms with van der Waals surface area (Å²) < 4.78 is 5.93. The van der Waals surface area contributed by atoms with Crippen molar-refractivity contribution in [2.24, 2.45) is 5.92 Å². The second-order valence-corrected chi connectivity index (χ2v) is 7.94. The first kappa shape index (κ1) is 19.4. The van der Waals surface area contributed by atoms with Crippen LogP contribution in [0.15, 0.2) is 59.5 Å². The number of hydrogen-bond acceptors (Lipinski definition) is 2. The average molecular weight is 379 g/mol. The molecule has 2 aromatic carbocycles. The van der Waals surface area contributed by atoms with Gasteiger partial charge in [0.15, 0.2) is 5.76 Å². The summed E-state index contributed by atoms with van der Waals surface area (Å²) in [5.41, 5.74) is 4.13. The van der Waals surface area contributed by atoms with E-state index in [1.807, 2.05) is 12.1 Å². The summed E-state index contributed by atoms with van der Waals surface area (Å²) in [7, 11) is 2.64. The number of nitrogens with one attached hydrogen (secondary N) is 1. The van der Waals surface area contributed by atoms with Gasteiger partial charge in [0.25, 0.3) is 5.91 Å². The molecule has 1 aromatic heterocycles. The molecule has 0 bridgehead atoms. The van der Waals surface area contributed by atoms with Crippen LogP contribution in [0.3, 0.4) is 0 Å². The van der Waals surface area contributed by atoms with Crippen molar-refractivity contribution in [1.82, 2.24) is 5.32 Å². The predicted octanol–water partition coefficient (Wildman–Crippen LogP) is 5.24. The first-order valence-electron chi connectivity index (χ1n) is 9.21. The number of hydrogen-bond donors (Lipinski definition) is 1. The molecule has 1 N–H and O–H groups in total. The molecule has 27 heavy (non-hydrogen) atoms. The molecule has 0 saturated heterocycles. The van der Waals surface area contributed by atoms with Crippen LogP contribution < -0.4 is 10.6 Å². The highest BCUT2D eigenvalue weighted by atomic mass is 31.0. The van der Waals surface area contributed by atoms with Crippen LogP contribution in [0.1, 0.15) is 36.4 Å². The van der Waals surface area contributed by atoms with Gasteiger partial charge >= 0.3 is 0 Å². The van der Waals surface area contributed by atoms with Gasteiger partial charge in [0.1, 0.15) is 5.58 Å². The Hall–Kier alpha value is -2.38. The smallest absolute Gasteiger partial charge is 0.288 e. The topological polar surface area (TPSA) is 42.2 Å². The summed E-state index contributed by atoms with van der Waals surface area (Å²) in [5.74, 6) is 0.599. The van der Waals surface area contributed by atoms with Gasteiger partial charge in [-0.1, -0.05) is 55.8 Å². The Bertz CT molecular complexity index is 970. The molecule has 0 spiro atoms. The molecule has 1 amide bonds. The van der Waals surface area contributed by atoms with E-state index in [9.17, 15) is 4.79 Å². The maximum absolute atomic E-state index is 12.7. The van der Waals surface area contributed by atoms with E-state index in [-0.39, 0.29) is 11.9 Å². The lowest BCUT2D eigenvalue weighted by Gasteiger charge is -2.16. The molecular formula is C23H26NO2P. The molecule has 2 atom stereocenters. The Labute approximate surface area is 163 Å². The average Bonchev–Trinajstić information content (AvgIpc) is 2.97. The lowest BCUT2D eigenvalue weighted by Crippen LogP contribution is -2.35. The molecule has 0 aliphatic heterocycles. The fourth-order valence-corrected chi connectivity index (χ4v) is 3.60. The van der Waals surface area contributed by atoms with Gasteiger partial charge in [-0.25, -0.2) is 0 Å². The third-order valence-corrected chi connectivity index (χ3v) is 5.22. The van der Waals surface area contributed by atoms with Crippen molar-refractivity contribution in [2.45, 2.75) is 33.2 Å². The molecule has 4 heteroatoms. The van der Waals surface area contributed by atoms with Crippen LogP contribution in [-0.4, -0.2) is 11.9 Å². The SMILES string of the molecule is C=CC(CC(C)C)NC(=O)c1oc2cc(-c3ccc(C)cc3)ccc2c1P. The van der Waals surface area contributed by atoms with Crippen LogP contribution in [0, 0.1) is 12.8 Å². The molecule has 2 unspecified atom stereocenters. The van der Waals surface area contributed by atoms with E-state index in [0.29, 0.717) is 17.3 Å². The van der Waals surface area contributed by atoms with Gasteiger partial charge in [0.2, 0.25) is 0 Å². The van der Waals surface area contributed by atoms with E-state index in [1.165, 1.54) is 5.56 Å². The highest BCUT2D eigenvalue weighted by Gasteiger charge is 2.20. The number of fused-ring (bicyclic) bond motifs is 1. The summed E-state index contributed by atoms with van der Waals surface area (Å²) in [6.45, 7) is 10.1. The van der Waals surface area contributed by atoms with Crippen LogP contribution >= 0.6 is 9.24 Å². The number of benzene rings is 2. The van der Waals surface area contributed by atoms with Crippen molar-refractivity contribution in [3.05, 3.63) is 66.4 Å². The van der Waals surface area contributed by atoms with Crippen LogP contribution in [0.4, 0.5) is 0 Å². The Morgan fingerprint density at radius 3 is 2.48 bits per heavy atom. The van der Waals surface area contributed by atoms with Gasteiger partial charge in [0, 0.05) is 16.7 Å². The largest absolute Gasteiger partial charge is 0.450 e. The van der Waals surface area contributed by atoms with Crippen LogP contribution in [0.5, 0.6) is 0 Å². The fraction of sp³-hybridized carbons (Fsp3) is 0.261. The molecule has 0 aliphatic carbocycles. The molecule has 0 saturated carbocycles. The number of carbonyl (C=O) groups excluding carboxylic acids is 1. The highest BCUT2D eigenvalue weighted by molar-refractivity contribution is 7.28. The summed E-state index contributed by atoms with van der Waals surface area (Å²) in [6, 6.07) is 14.3. The number of rotatable bonds is 6. The van der Waals surface area contributed by atoms with Crippen LogP contribution in [0.2, 0.25) is 0 Å². The number of amides is 1. The van der Waals surface area contributed by atoms with Gasteiger partial charge in [0.05, 0.1) is 0 Å². The van der Waals surface area contributed by atoms with Crippen molar-refractivity contribution >= 4 is 31.4 Å². The Balaban J connectivity index is 1.91. The molecule has 0 aliphatic rings. The zero-order chi connectivity index (χ0) is 19.6. The van der Waals surface area contributed by atoms with E-state index < -0.39 is 0 Å². The van der Waals surface area contributed by atoms with Crippen molar-refractivity contribution in [3.8, 4) is 11.1 Å². The first-order chi connectivity index (χ1) is 12.9. The Morgan fingerprint density at radius 2 is 1.85 bits per heavy atom. The van der Waals surface area contributed by atoms with Crippen LogP contribution in [0.25, 0.3) is 22.1 Å². The predicted molar refractivity (Wildman–Crippen MR) is 117 cm³/mol. The Kier molecular flexibility index (Phi) is 5.82. The van der Waals surface area contributed by atoms with E-state index in [1.54, 1.807) is 6.08 Å². The number of furan rings is 1. The van der Waals surface area contributed by atoms with Crippen molar-refractivity contribution < 1.29 is 9.21 Å². The van der Waals surface area contributed by atoms with Crippen LogP contribution in [-0.2, 0) is 0 Å². The van der Waals surface area contributed by atoms with E-state index >= 15 is 0 Å². The molecule has 140 valence electrons. The third kappa shape index (κ3) is 4.31. The quantitative estimate of drug-likeness (QED) is 0.470. The molecule has 1 heterocycles.